The minimum Gasteiger partial charge on any atom is -0.497 e. The van der Waals surface area contributed by atoms with Crippen molar-refractivity contribution in [2.24, 2.45) is 0 Å². The molecule has 2 heterocycles. The first kappa shape index (κ1) is 16.8. The van der Waals surface area contributed by atoms with E-state index in [1.165, 1.54) is 12.1 Å². The summed E-state index contributed by atoms with van der Waals surface area (Å²) in [6, 6.07) is 14.0. The van der Waals surface area contributed by atoms with Gasteiger partial charge in [-0.15, -0.1) is 0 Å². The predicted octanol–water partition coefficient (Wildman–Crippen LogP) is 4.28. The molecule has 0 bridgehead atoms. The smallest absolute Gasteiger partial charge is 0.336 e. The van der Waals surface area contributed by atoms with Gasteiger partial charge in [0.25, 0.3) is 0 Å². The number of nitrogens with zero attached hydrogens (tertiary/aromatic N) is 1. The van der Waals surface area contributed by atoms with E-state index >= 15 is 0 Å². The first-order chi connectivity index (χ1) is 12.6. The van der Waals surface area contributed by atoms with Gasteiger partial charge >= 0.3 is 5.63 Å². The lowest BCUT2D eigenvalue weighted by Crippen LogP contribution is -2.23. The van der Waals surface area contributed by atoms with E-state index in [0.29, 0.717) is 17.9 Å². The van der Waals surface area contributed by atoms with Crippen molar-refractivity contribution in [1.82, 2.24) is 4.90 Å². The zero-order valence-corrected chi connectivity index (χ0v) is 14.6. The Bertz CT molecular complexity index is 981. The van der Waals surface area contributed by atoms with Crippen LogP contribution in [0.3, 0.4) is 0 Å². The molecule has 1 unspecified atom stereocenters. The van der Waals surface area contributed by atoms with E-state index in [9.17, 15) is 9.18 Å². The Morgan fingerprint density at radius 3 is 2.77 bits per heavy atom. The van der Waals surface area contributed by atoms with Crippen LogP contribution in [0.4, 0.5) is 4.39 Å². The summed E-state index contributed by atoms with van der Waals surface area (Å²) in [5.41, 5.74) is 2.22. The molecule has 2 aromatic carbocycles. The van der Waals surface area contributed by atoms with E-state index in [1.54, 1.807) is 19.2 Å². The van der Waals surface area contributed by atoms with Crippen LogP contribution in [0.1, 0.15) is 30.0 Å². The molecule has 4 nitrogen and oxygen atoms in total. The molecule has 1 saturated heterocycles. The Balaban J connectivity index is 1.67. The fourth-order valence-corrected chi connectivity index (χ4v) is 3.76. The number of benzene rings is 2. The van der Waals surface area contributed by atoms with E-state index in [2.05, 4.69) is 4.90 Å². The second kappa shape index (κ2) is 6.92. The van der Waals surface area contributed by atoms with Crippen molar-refractivity contribution < 1.29 is 13.5 Å². The maximum absolute atomic E-state index is 13.2. The van der Waals surface area contributed by atoms with Crippen LogP contribution in [0.15, 0.2) is 57.7 Å². The van der Waals surface area contributed by atoms with Crippen LogP contribution in [0.2, 0.25) is 0 Å². The highest BCUT2D eigenvalue weighted by molar-refractivity contribution is 5.81. The molecule has 0 saturated carbocycles. The lowest BCUT2D eigenvalue weighted by molar-refractivity contribution is 0.249. The van der Waals surface area contributed by atoms with Crippen LogP contribution in [-0.2, 0) is 6.54 Å². The van der Waals surface area contributed by atoms with Crippen LogP contribution in [-0.4, -0.2) is 18.6 Å². The predicted molar refractivity (Wildman–Crippen MR) is 97.8 cm³/mol. The third-order valence-corrected chi connectivity index (χ3v) is 5.03. The molecule has 3 aromatic rings. The second-order valence-corrected chi connectivity index (χ2v) is 6.63. The monoisotopic (exact) mass is 353 g/mol. The number of rotatable bonds is 4. The van der Waals surface area contributed by atoms with Gasteiger partial charge in [-0.1, -0.05) is 12.1 Å². The first-order valence-electron chi connectivity index (χ1n) is 8.74. The molecule has 26 heavy (non-hydrogen) atoms. The summed E-state index contributed by atoms with van der Waals surface area (Å²) in [6.45, 7) is 1.59. The molecule has 1 aliphatic heterocycles. The van der Waals surface area contributed by atoms with Gasteiger partial charge in [0.1, 0.15) is 17.1 Å². The number of ether oxygens (including phenoxy) is 1. The molecule has 1 fully saturated rings. The number of halogens is 1. The van der Waals surface area contributed by atoms with Gasteiger partial charge < -0.3 is 9.15 Å². The van der Waals surface area contributed by atoms with Crippen molar-refractivity contribution in [2.45, 2.75) is 25.4 Å². The van der Waals surface area contributed by atoms with Crippen LogP contribution in [0.25, 0.3) is 11.0 Å². The second-order valence-electron chi connectivity index (χ2n) is 6.63. The highest BCUT2D eigenvalue weighted by atomic mass is 19.1. The standard InChI is InChI=1S/C21H20FNO3/c1-25-17-8-9-18-15(11-21(24)26-20(18)12-17)13-23-10-2-3-19(23)14-4-6-16(22)7-5-14/h4-9,11-12,19H,2-3,10,13H2,1H3. The number of methoxy groups -OCH3 is 1. The molecule has 0 aliphatic carbocycles. The number of likely N-dealkylation sites (tertiary alicyclic amines) is 1. The molecular formula is C21H20FNO3. The fraction of sp³-hybridized carbons (Fsp3) is 0.286. The molecular weight excluding hydrogens is 333 g/mol. The molecule has 0 amide bonds. The quantitative estimate of drug-likeness (QED) is 0.657. The molecule has 0 N–H and O–H groups in total. The molecule has 1 atom stereocenters. The Morgan fingerprint density at radius 1 is 1.19 bits per heavy atom. The van der Waals surface area contributed by atoms with Gasteiger partial charge in [-0.05, 0) is 54.8 Å². The molecule has 1 aromatic heterocycles. The van der Waals surface area contributed by atoms with Crippen molar-refractivity contribution in [2.75, 3.05) is 13.7 Å². The number of hydrogen-bond acceptors (Lipinski definition) is 4. The normalized spacial score (nSPS) is 17.7. The van der Waals surface area contributed by atoms with Crippen LogP contribution >= 0.6 is 0 Å². The number of hydrogen-bond donors (Lipinski definition) is 0. The maximum atomic E-state index is 13.2. The van der Waals surface area contributed by atoms with E-state index < -0.39 is 0 Å². The van der Waals surface area contributed by atoms with E-state index in [0.717, 1.165) is 35.9 Å². The third-order valence-electron chi connectivity index (χ3n) is 5.03. The Labute approximate surface area is 150 Å². The van der Waals surface area contributed by atoms with Gasteiger partial charge in [-0.25, -0.2) is 9.18 Å². The van der Waals surface area contributed by atoms with Crippen molar-refractivity contribution in [3.05, 3.63) is 75.9 Å². The summed E-state index contributed by atoms with van der Waals surface area (Å²) in [6.07, 6.45) is 2.11. The average Bonchev–Trinajstić information content (AvgIpc) is 3.09. The van der Waals surface area contributed by atoms with Gasteiger partial charge in [0, 0.05) is 30.1 Å². The third kappa shape index (κ3) is 3.22. The van der Waals surface area contributed by atoms with Gasteiger partial charge in [-0.2, -0.15) is 0 Å². The molecule has 1 aliphatic rings. The van der Waals surface area contributed by atoms with Crippen LogP contribution in [0, 0.1) is 5.82 Å². The lowest BCUT2D eigenvalue weighted by atomic mass is 10.0. The van der Waals surface area contributed by atoms with Gasteiger partial charge in [0.2, 0.25) is 0 Å². The highest BCUT2D eigenvalue weighted by Crippen LogP contribution is 2.34. The largest absolute Gasteiger partial charge is 0.497 e. The topological polar surface area (TPSA) is 42.7 Å². The van der Waals surface area contributed by atoms with Gasteiger partial charge in [-0.3, -0.25) is 4.90 Å². The Morgan fingerprint density at radius 2 is 2.00 bits per heavy atom. The van der Waals surface area contributed by atoms with Crippen molar-refractivity contribution in [3.8, 4) is 5.75 Å². The Kier molecular flexibility index (Phi) is 4.47. The van der Waals surface area contributed by atoms with E-state index in [1.807, 2.05) is 24.3 Å². The summed E-state index contributed by atoms with van der Waals surface area (Å²) >= 11 is 0. The van der Waals surface area contributed by atoms with E-state index in [4.69, 9.17) is 9.15 Å². The molecule has 134 valence electrons. The summed E-state index contributed by atoms with van der Waals surface area (Å²) < 4.78 is 23.8. The fourth-order valence-electron chi connectivity index (χ4n) is 3.76. The summed E-state index contributed by atoms with van der Waals surface area (Å²) in [7, 11) is 1.58. The summed E-state index contributed by atoms with van der Waals surface area (Å²) in [5, 5.41) is 0.912. The molecule has 4 rings (SSSR count). The van der Waals surface area contributed by atoms with E-state index in [-0.39, 0.29) is 17.5 Å². The van der Waals surface area contributed by atoms with Gasteiger partial charge in [0.15, 0.2) is 0 Å². The summed E-state index contributed by atoms with van der Waals surface area (Å²) in [4.78, 5) is 14.3. The molecule has 0 spiro atoms. The Hall–Kier alpha value is -2.66. The average molecular weight is 353 g/mol. The first-order valence-corrected chi connectivity index (χ1v) is 8.74. The van der Waals surface area contributed by atoms with Crippen molar-refractivity contribution in [3.63, 3.8) is 0 Å². The number of fused-ring (bicyclic) bond motifs is 1. The van der Waals surface area contributed by atoms with Crippen LogP contribution in [0.5, 0.6) is 5.75 Å². The molecule has 0 radical (unpaired) electrons. The van der Waals surface area contributed by atoms with Crippen LogP contribution < -0.4 is 10.4 Å². The lowest BCUT2D eigenvalue weighted by Gasteiger charge is -2.25. The van der Waals surface area contributed by atoms with Crippen molar-refractivity contribution in [1.29, 1.82) is 0 Å². The minimum absolute atomic E-state index is 0.223. The minimum atomic E-state index is -0.363. The highest BCUT2D eigenvalue weighted by Gasteiger charge is 2.26. The summed E-state index contributed by atoms with van der Waals surface area (Å²) in [5.74, 6) is 0.432. The molecule has 5 heteroatoms. The maximum Gasteiger partial charge on any atom is 0.336 e. The zero-order chi connectivity index (χ0) is 18.1. The zero-order valence-electron chi connectivity index (χ0n) is 14.6. The van der Waals surface area contributed by atoms with Gasteiger partial charge in [0.05, 0.1) is 7.11 Å². The SMILES string of the molecule is COc1ccc2c(CN3CCCC3c3ccc(F)cc3)cc(=O)oc2c1. The van der Waals surface area contributed by atoms with Crippen molar-refractivity contribution >= 4 is 11.0 Å².